The molecule has 0 spiro atoms. The van der Waals surface area contributed by atoms with Crippen molar-refractivity contribution in [2.75, 3.05) is 13.2 Å². The van der Waals surface area contributed by atoms with Gasteiger partial charge in [-0.2, -0.15) is 0 Å². The summed E-state index contributed by atoms with van der Waals surface area (Å²) in [5.41, 5.74) is 0.984. The molecule has 5 heteroatoms. The van der Waals surface area contributed by atoms with Crippen LogP contribution in [-0.2, 0) is 14.3 Å². The Morgan fingerprint density at radius 2 is 2.05 bits per heavy atom. The fourth-order valence-corrected chi connectivity index (χ4v) is 1.56. The molecule has 0 aliphatic heterocycles. The summed E-state index contributed by atoms with van der Waals surface area (Å²) in [5.74, 6) is -1.49. The monoisotopic (exact) mass is 277 g/mol. The van der Waals surface area contributed by atoms with Crippen LogP contribution in [0.5, 0.6) is 0 Å². The van der Waals surface area contributed by atoms with Crippen LogP contribution in [0.15, 0.2) is 36.4 Å². The number of hydrogen-bond acceptors (Lipinski definition) is 3. The molecule has 0 saturated heterocycles. The van der Waals surface area contributed by atoms with Crippen LogP contribution >= 0.6 is 0 Å². The maximum Gasteiger partial charge on any atom is 0.326 e. The summed E-state index contributed by atoms with van der Waals surface area (Å²) in [6.45, 7) is 2.06. The van der Waals surface area contributed by atoms with Gasteiger partial charge >= 0.3 is 5.97 Å². The van der Waals surface area contributed by atoms with Crippen LogP contribution in [0, 0.1) is 0 Å². The quantitative estimate of drug-likeness (QED) is 0.758. The minimum Gasteiger partial charge on any atom is -0.480 e. The number of hydrogen-bond donors (Lipinski definition) is 2. The zero-order valence-electron chi connectivity index (χ0n) is 11.4. The summed E-state index contributed by atoms with van der Waals surface area (Å²) in [6.07, 6.45) is 3.78. The highest BCUT2D eigenvalue weighted by atomic mass is 16.5. The van der Waals surface area contributed by atoms with Gasteiger partial charge in [0.1, 0.15) is 12.6 Å². The topological polar surface area (TPSA) is 75.6 Å². The van der Waals surface area contributed by atoms with Crippen LogP contribution in [-0.4, -0.2) is 36.2 Å². The summed E-state index contributed by atoms with van der Waals surface area (Å²) in [5, 5.41) is 11.5. The van der Waals surface area contributed by atoms with Crippen molar-refractivity contribution in [3.8, 4) is 0 Å². The van der Waals surface area contributed by atoms with E-state index in [2.05, 4.69) is 5.32 Å². The summed E-state index contributed by atoms with van der Waals surface area (Å²) in [7, 11) is 0. The Balaban J connectivity index is 2.49. The van der Waals surface area contributed by atoms with Crippen molar-refractivity contribution in [2.24, 2.45) is 0 Å². The standard InChI is InChI=1S/C15H19NO4/c1-2-20-11-14(17)16-13(15(18)19)10-6-9-12-7-4-3-5-8-12/h3-9,13H,2,10-11H2,1H3,(H,16,17)(H,18,19)/b9-6+/t13-/m1/s1. The molecule has 0 heterocycles. The minimum atomic E-state index is -1.06. The molecule has 0 saturated carbocycles. The van der Waals surface area contributed by atoms with Crippen molar-refractivity contribution in [1.82, 2.24) is 5.32 Å². The molecule has 0 fully saturated rings. The Morgan fingerprint density at radius 3 is 2.65 bits per heavy atom. The van der Waals surface area contributed by atoms with Crippen molar-refractivity contribution in [3.63, 3.8) is 0 Å². The number of carbonyl (C=O) groups is 2. The lowest BCUT2D eigenvalue weighted by Crippen LogP contribution is -2.42. The van der Waals surface area contributed by atoms with E-state index in [1.165, 1.54) is 0 Å². The molecule has 0 aromatic heterocycles. The third kappa shape index (κ3) is 6.15. The Hall–Kier alpha value is -2.14. The SMILES string of the molecule is CCOCC(=O)N[C@H](C/C=C/c1ccccc1)C(=O)O. The van der Waals surface area contributed by atoms with E-state index in [-0.39, 0.29) is 13.0 Å². The molecule has 0 aliphatic rings. The number of carbonyl (C=O) groups excluding carboxylic acids is 1. The van der Waals surface area contributed by atoms with Crippen molar-refractivity contribution in [1.29, 1.82) is 0 Å². The third-order valence-corrected chi connectivity index (χ3v) is 2.55. The van der Waals surface area contributed by atoms with E-state index < -0.39 is 17.9 Å². The molecule has 108 valence electrons. The number of rotatable bonds is 8. The van der Waals surface area contributed by atoms with Gasteiger partial charge in [0.05, 0.1) is 0 Å². The first-order valence-electron chi connectivity index (χ1n) is 6.45. The van der Waals surface area contributed by atoms with Gasteiger partial charge in [-0.15, -0.1) is 0 Å². The van der Waals surface area contributed by atoms with Crippen LogP contribution in [0.4, 0.5) is 0 Å². The molecule has 1 rings (SSSR count). The summed E-state index contributed by atoms with van der Waals surface area (Å²) >= 11 is 0. The highest BCUT2D eigenvalue weighted by Gasteiger charge is 2.18. The Labute approximate surface area is 118 Å². The van der Waals surface area contributed by atoms with Gasteiger partial charge < -0.3 is 15.2 Å². The highest BCUT2D eigenvalue weighted by Crippen LogP contribution is 2.03. The second kappa shape index (κ2) is 8.87. The lowest BCUT2D eigenvalue weighted by molar-refractivity contribution is -0.142. The van der Waals surface area contributed by atoms with Gasteiger partial charge in [0.25, 0.3) is 0 Å². The van der Waals surface area contributed by atoms with Gasteiger partial charge in [-0.3, -0.25) is 4.79 Å². The number of aliphatic carboxylic acids is 1. The highest BCUT2D eigenvalue weighted by molar-refractivity contribution is 5.84. The fraction of sp³-hybridized carbons (Fsp3) is 0.333. The number of nitrogens with one attached hydrogen (secondary N) is 1. The lowest BCUT2D eigenvalue weighted by atomic mass is 10.1. The van der Waals surface area contributed by atoms with Gasteiger partial charge in [-0.05, 0) is 18.9 Å². The minimum absolute atomic E-state index is 0.122. The van der Waals surface area contributed by atoms with E-state index in [9.17, 15) is 9.59 Å². The van der Waals surface area contributed by atoms with Crippen LogP contribution in [0.2, 0.25) is 0 Å². The summed E-state index contributed by atoms with van der Waals surface area (Å²) in [4.78, 5) is 22.5. The van der Waals surface area contributed by atoms with Crippen LogP contribution < -0.4 is 5.32 Å². The van der Waals surface area contributed by atoms with Crippen LogP contribution in [0.25, 0.3) is 6.08 Å². The predicted octanol–water partition coefficient (Wildman–Crippen LogP) is 1.70. The Bertz CT molecular complexity index is 456. The molecule has 1 atom stereocenters. The molecule has 5 nitrogen and oxygen atoms in total. The van der Waals surface area contributed by atoms with Gasteiger partial charge in [0, 0.05) is 6.61 Å². The zero-order chi connectivity index (χ0) is 14.8. The van der Waals surface area contributed by atoms with E-state index in [0.29, 0.717) is 6.61 Å². The molecule has 1 aromatic carbocycles. The first-order chi connectivity index (χ1) is 9.63. The van der Waals surface area contributed by atoms with E-state index in [1.54, 1.807) is 13.0 Å². The molecular weight excluding hydrogens is 258 g/mol. The molecule has 1 amide bonds. The number of carboxylic acids is 1. The number of carboxylic acid groups (broad SMARTS) is 1. The normalized spacial score (nSPS) is 12.2. The molecule has 2 N–H and O–H groups in total. The Kier molecular flexibility index (Phi) is 7.06. The maximum absolute atomic E-state index is 11.4. The largest absolute Gasteiger partial charge is 0.480 e. The van der Waals surface area contributed by atoms with E-state index >= 15 is 0 Å². The van der Waals surface area contributed by atoms with E-state index in [1.807, 2.05) is 36.4 Å². The number of amides is 1. The molecule has 0 aliphatic carbocycles. The Morgan fingerprint density at radius 1 is 1.35 bits per heavy atom. The zero-order valence-corrected chi connectivity index (χ0v) is 11.4. The second-order valence-corrected chi connectivity index (χ2v) is 4.14. The maximum atomic E-state index is 11.4. The van der Waals surface area contributed by atoms with E-state index in [4.69, 9.17) is 9.84 Å². The van der Waals surface area contributed by atoms with E-state index in [0.717, 1.165) is 5.56 Å². The molecule has 20 heavy (non-hydrogen) atoms. The van der Waals surface area contributed by atoms with Crippen molar-refractivity contribution in [2.45, 2.75) is 19.4 Å². The van der Waals surface area contributed by atoms with Gasteiger partial charge in [0.15, 0.2) is 0 Å². The van der Waals surface area contributed by atoms with Crippen LogP contribution in [0.3, 0.4) is 0 Å². The van der Waals surface area contributed by atoms with Crippen LogP contribution in [0.1, 0.15) is 18.9 Å². The summed E-state index contributed by atoms with van der Waals surface area (Å²) < 4.78 is 4.93. The fourth-order valence-electron chi connectivity index (χ4n) is 1.56. The number of benzene rings is 1. The molecular formula is C15H19NO4. The summed E-state index contributed by atoms with van der Waals surface area (Å²) in [6, 6.07) is 8.60. The first kappa shape index (κ1) is 15.9. The second-order valence-electron chi connectivity index (χ2n) is 4.14. The lowest BCUT2D eigenvalue weighted by Gasteiger charge is -2.12. The first-order valence-corrected chi connectivity index (χ1v) is 6.45. The van der Waals surface area contributed by atoms with Crippen molar-refractivity contribution >= 4 is 18.0 Å². The molecule has 1 aromatic rings. The third-order valence-electron chi connectivity index (χ3n) is 2.55. The molecule has 0 unspecified atom stereocenters. The van der Waals surface area contributed by atoms with Crippen molar-refractivity contribution < 1.29 is 19.4 Å². The number of ether oxygens (including phenoxy) is 1. The molecule has 0 radical (unpaired) electrons. The van der Waals surface area contributed by atoms with Gasteiger partial charge in [-0.25, -0.2) is 4.79 Å². The smallest absolute Gasteiger partial charge is 0.326 e. The van der Waals surface area contributed by atoms with Gasteiger partial charge in [-0.1, -0.05) is 42.5 Å². The average Bonchev–Trinajstić information content (AvgIpc) is 2.45. The molecule has 0 bridgehead atoms. The average molecular weight is 277 g/mol. The van der Waals surface area contributed by atoms with Gasteiger partial charge in [0.2, 0.25) is 5.91 Å². The van der Waals surface area contributed by atoms with Crippen molar-refractivity contribution in [3.05, 3.63) is 42.0 Å². The predicted molar refractivity (Wildman–Crippen MR) is 76.2 cm³/mol.